The van der Waals surface area contributed by atoms with Crippen LogP contribution < -0.4 is 20.9 Å². The van der Waals surface area contributed by atoms with Gasteiger partial charge in [-0.15, -0.1) is 11.3 Å². The Morgan fingerprint density at radius 3 is 2.52 bits per heavy atom. The van der Waals surface area contributed by atoms with Crippen molar-refractivity contribution in [3.8, 4) is 10.6 Å². The second kappa shape index (κ2) is 8.95. The molecule has 2 aliphatic rings. The van der Waals surface area contributed by atoms with Gasteiger partial charge in [0.25, 0.3) is 5.91 Å². The number of nitrogen functional groups attached to an aromatic ring is 1. The first kappa shape index (κ1) is 21.6. The molecule has 2 aliphatic heterocycles. The van der Waals surface area contributed by atoms with Gasteiger partial charge in [0.15, 0.2) is 0 Å². The van der Waals surface area contributed by atoms with E-state index in [0.29, 0.717) is 11.6 Å². The van der Waals surface area contributed by atoms with Crippen LogP contribution in [0.5, 0.6) is 0 Å². The van der Waals surface area contributed by atoms with Crippen molar-refractivity contribution in [2.45, 2.75) is 13.0 Å². The second-order valence-electron chi connectivity index (χ2n) is 8.50. The first-order valence-corrected chi connectivity index (χ1v) is 12.0. The van der Waals surface area contributed by atoms with E-state index in [2.05, 4.69) is 66.3 Å². The van der Waals surface area contributed by atoms with Crippen LogP contribution in [-0.2, 0) is 13.0 Å². The number of hydrogen-bond donors (Lipinski definition) is 2. The van der Waals surface area contributed by atoms with E-state index in [1.54, 1.807) is 12.4 Å². The number of hydrogen-bond acceptors (Lipinski definition) is 9. The van der Waals surface area contributed by atoms with Gasteiger partial charge in [0.1, 0.15) is 22.3 Å². The Kier molecular flexibility index (Phi) is 5.86. The van der Waals surface area contributed by atoms with Crippen LogP contribution in [0.25, 0.3) is 10.6 Å². The fourth-order valence-corrected chi connectivity index (χ4v) is 5.12. The third kappa shape index (κ3) is 4.49. The zero-order valence-electron chi connectivity index (χ0n) is 18.9. The van der Waals surface area contributed by atoms with Crippen molar-refractivity contribution in [1.29, 1.82) is 0 Å². The van der Waals surface area contributed by atoms with Crippen molar-refractivity contribution in [3.63, 3.8) is 0 Å². The van der Waals surface area contributed by atoms with Crippen LogP contribution in [0.1, 0.15) is 21.6 Å². The van der Waals surface area contributed by atoms with Gasteiger partial charge < -0.3 is 25.8 Å². The molecule has 1 amide bonds. The predicted molar refractivity (Wildman–Crippen MR) is 132 cm³/mol. The van der Waals surface area contributed by atoms with Crippen LogP contribution >= 0.6 is 11.3 Å². The van der Waals surface area contributed by atoms with Crippen LogP contribution in [0.3, 0.4) is 0 Å². The molecule has 0 bridgehead atoms. The van der Waals surface area contributed by atoms with E-state index in [9.17, 15) is 4.79 Å². The number of benzene rings is 1. The Hall–Kier alpha value is -3.24. The lowest BCUT2D eigenvalue weighted by Gasteiger charge is -2.34. The Morgan fingerprint density at radius 2 is 1.76 bits per heavy atom. The number of piperazine rings is 1. The van der Waals surface area contributed by atoms with Crippen LogP contribution in [-0.4, -0.2) is 72.6 Å². The maximum Gasteiger partial charge on any atom is 0.270 e. The molecule has 3 N–H and O–H groups in total. The molecule has 0 atom stereocenters. The van der Waals surface area contributed by atoms with Gasteiger partial charge in [-0.1, -0.05) is 12.1 Å². The average Bonchev–Trinajstić information content (AvgIpc) is 3.33. The molecule has 1 aromatic carbocycles. The zero-order valence-corrected chi connectivity index (χ0v) is 19.7. The molecular formula is C23H28N8OS. The number of nitrogens with one attached hydrogen (secondary N) is 1. The summed E-state index contributed by atoms with van der Waals surface area (Å²) in [6.07, 6.45) is 0.935. The minimum absolute atomic E-state index is 0.167. The fraction of sp³-hybridized carbons (Fsp3) is 0.391. The van der Waals surface area contributed by atoms with E-state index in [0.717, 1.165) is 67.9 Å². The molecule has 0 unspecified atom stereocenters. The lowest BCUT2D eigenvalue weighted by molar-refractivity contribution is 0.0959. The smallest absolute Gasteiger partial charge is 0.270 e. The minimum atomic E-state index is -0.167. The number of rotatable bonds is 4. The standard InChI is InChI=1S/C23H28N8OS/c1-25-21(32)18-14-33-22(26-18)16-4-3-15-5-6-31(13-17(15)11-16)20-12-19(27-23(24)28-20)30-9-7-29(2)8-10-30/h3-4,11-12,14H,5-10,13H2,1-2H3,(H,25,32)(H2,24,27,28). The summed E-state index contributed by atoms with van der Waals surface area (Å²) in [6.45, 7) is 5.52. The molecule has 1 saturated heterocycles. The number of nitrogens with zero attached hydrogens (tertiary/aromatic N) is 6. The van der Waals surface area contributed by atoms with Gasteiger partial charge in [0.05, 0.1) is 0 Å². The number of nitrogens with two attached hydrogens (primary N) is 1. The van der Waals surface area contributed by atoms with E-state index in [-0.39, 0.29) is 5.91 Å². The number of aromatic nitrogens is 3. The highest BCUT2D eigenvalue weighted by Crippen LogP contribution is 2.31. The molecule has 1 fully saturated rings. The predicted octanol–water partition coefficient (Wildman–Crippen LogP) is 1.86. The van der Waals surface area contributed by atoms with Gasteiger partial charge in [-0.05, 0) is 30.7 Å². The van der Waals surface area contributed by atoms with Crippen molar-refractivity contribution in [2.75, 3.05) is 62.4 Å². The quantitative estimate of drug-likeness (QED) is 0.603. The fourth-order valence-electron chi connectivity index (χ4n) is 4.32. The van der Waals surface area contributed by atoms with Gasteiger partial charge in [-0.3, -0.25) is 4.79 Å². The summed E-state index contributed by atoms with van der Waals surface area (Å²) in [5.41, 5.74) is 10.2. The van der Waals surface area contributed by atoms with Gasteiger partial charge >= 0.3 is 0 Å². The van der Waals surface area contributed by atoms with Crippen LogP contribution in [0, 0.1) is 0 Å². The second-order valence-corrected chi connectivity index (χ2v) is 9.36. The van der Waals surface area contributed by atoms with Crippen LogP contribution in [0.2, 0.25) is 0 Å². The Balaban J connectivity index is 1.38. The van der Waals surface area contributed by atoms with Gasteiger partial charge in [0, 0.05) is 63.3 Å². The van der Waals surface area contributed by atoms with Gasteiger partial charge in [-0.25, -0.2) is 4.98 Å². The van der Waals surface area contributed by atoms with E-state index < -0.39 is 0 Å². The maximum atomic E-state index is 11.9. The molecule has 10 heteroatoms. The number of amides is 1. The molecular weight excluding hydrogens is 436 g/mol. The Labute approximate surface area is 197 Å². The molecule has 0 radical (unpaired) electrons. The maximum absolute atomic E-state index is 11.9. The third-order valence-corrected chi connectivity index (χ3v) is 7.19. The summed E-state index contributed by atoms with van der Waals surface area (Å²) in [7, 11) is 3.76. The molecule has 3 aromatic rings. The SMILES string of the molecule is CNC(=O)c1csc(-c2ccc3c(c2)CN(c2cc(N4CCN(C)CC4)nc(N)n2)CC3)n1. The van der Waals surface area contributed by atoms with E-state index in [1.807, 2.05) is 0 Å². The zero-order chi connectivity index (χ0) is 22.9. The normalized spacial score (nSPS) is 16.5. The van der Waals surface area contributed by atoms with Crippen molar-refractivity contribution in [2.24, 2.45) is 0 Å². The van der Waals surface area contributed by atoms with E-state index in [1.165, 1.54) is 22.5 Å². The van der Waals surface area contributed by atoms with Gasteiger partial charge in [-0.2, -0.15) is 9.97 Å². The molecule has 0 aliphatic carbocycles. The number of carbonyl (C=O) groups is 1. The number of likely N-dealkylation sites (N-methyl/N-ethyl adjacent to an activating group) is 1. The van der Waals surface area contributed by atoms with Crippen molar-refractivity contribution >= 4 is 34.8 Å². The summed E-state index contributed by atoms with van der Waals surface area (Å²) in [6, 6.07) is 8.51. The van der Waals surface area contributed by atoms with Crippen LogP contribution in [0.15, 0.2) is 29.6 Å². The highest BCUT2D eigenvalue weighted by molar-refractivity contribution is 7.13. The molecule has 5 rings (SSSR count). The monoisotopic (exact) mass is 464 g/mol. The van der Waals surface area contributed by atoms with Crippen LogP contribution in [0.4, 0.5) is 17.6 Å². The Bertz CT molecular complexity index is 1170. The summed E-state index contributed by atoms with van der Waals surface area (Å²) < 4.78 is 0. The highest BCUT2D eigenvalue weighted by atomic mass is 32.1. The van der Waals surface area contributed by atoms with E-state index in [4.69, 9.17) is 5.73 Å². The highest BCUT2D eigenvalue weighted by Gasteiger charge is 2.22. The van der Waals surface area contributed by atoms with E-state index >= 15 is 0 Å². The van der Waals surface area contributed by atoms with Crippen molar-refractivity contribution in [1.82, 2.24) is 25.2 Å². The molecule has 172 valence electrons. The molecule has 2 aromatic heterocycles. The summed E-state index contributed by atoms with van der Waals surface area (Å²) in [4.78, 5) is 32.3. The molecule has 33 heavy (non-hydrogen) atoms. The third-order valence-electron chi connectivity index (χ3n) is 6.30. The van der Waals surface area contributed by atoms with Crippen molar-refractivity contribution < 1.29 is 4.79 Å². The summed E-state index contributed by atoms with van der Waals surface area (Å²) in [5.74, 6) is 1.91. The topological polar surface area (TPSA) is 104 Å². The summed E-state index contributed by atoms with van der Waals surface area (Å²) in [5, 5.41) is 5.26. The first-order chi connectivity index (χ1) is 16.0. The number of thiazole rings is 1. The number of fused-ring (bicyclic) bond motifs is 1. The number of anilines is 3. The average molecular weight is 465 g/mol. The summed E-state index contributed by atoms with van der Waals surface area (Å²) >= 11 is 1.48. The molecule has 9 nitrogen and oxygen atoms in total. The molecule has 4 heterocycles. The van der Waals surface area contributed by atoms with Gasteiger partial charge in [0.2, 0.25) is 5.95 Å². The molecule has 0 spiro atoms. The molecule has 0 saturated carbocycles. The first-order valence-electron chi connectivity index (χ1n) is 11.1. The minimum Gasteiger partial charge on any atom is -0.368 e. The lowest BCUT2D eigenvalue weighted by Crippen LogP contribution is -2.45. The lowest BCUT2D eigenvalue weighted by atomic mass is 9.97. The largest absolute Gasteiger partial charge is 0.368 e. The van der Waals surface area contributed by atoms with Crippen molar-refractivity contribution in [3.05, 3.63) is 46.5 Å². The Morgan fingerprint density at radius 1 is 1.00 bits per heavy atom. The number of carbonyl (C=O) groups excluding carboxylic acids is 1.